The Morgan fingerprint density at radius 2 is 2.17 bits per heavy atom. The molecule has 2 N–H and O–H groups in total. The van der Waals surface area contributed by atoms with Gasteiger partial charge in [0.25, 0.3) is 0 Å². The van der Waals surface area contributed by atoms with Crippen molar-refractivity contribution in [2.24, 2.45) is 0 Å². The molecule has 0 fully saturated rings. The summed E-state index contributed by atoms with van der Waals surface area (Å²) in [5.74, 6) is 0.480. The first-order valence-corrected chi connectivity index (χ1v) is 5.83. The van der Waals surface area contributed by atoms with Crippen LogP contribution in [0.1, 0.15) is 25.0 Å². The quantitative estimate of drug-likeness (QED) is 0.569. The molecule has 1 aromatic rings. The van der Waals surface area contributed by atoms with E-state index in [4.69, 9.17) is 4.42 Å². The molecule has 0 atom stereocenters. The lowest BCUT2D eigenvalue weighted by atomic mass is 10.2. The molecule has 6 heteroatoms. The van der Waals surface area contributed by atoms with Gasteiger partial charge in [-0.1, -0.05) is 0 Å². The molecule has 0 saturated heterocycles. The maximum absolute atomic E-state index is 11.3. The number of hydrogen-bond acceptors (Lipinski definition) is 4. The van der Waals surface area contributed by atoms with Crippen LogP contribution in [0.3, 0.4) is 0 Å². The Balaban J connectivity index is 1.98. The van der Waals surface area contributed by atoms with E-state index in [0.717, 1.165) is 6.42 Å². The van der Waals surface area contributed by atoms with Gasteiger partial charge < -0.3 is 19.8 Å². The van der Waals surface area contributed by atoms with Crippen molar-refractivity contribution in [2.45, 2.75) is 25.8 Å². The van der Waals surface area contributed by atoms with Gasteiger partial charge in [0.15, 0.2) is 0 Å². The summed E-state index contributed by atoms with van der Waals surface area (Å²) in [7, 11) is 1.36. The number of amides is 2. The first-order valence-electron chi connectivity index (χ1n) is 5.83. The molecule has 100 valence electrons. The molecule has 18 heavy (non-hydrogen) atoms. The van der Waals surface area contributed by atoms with Gasteiger partial charge in [0.05, 0.1) is 19.9 Å². The van der Waals surface area contributed by atoms with Gasteiger partial charge in [-0.2, -0.15) is 0 Å². The third kappa shape index (κ3) is 5.93. The molecule has 0 spiro atoms. The standard InChI is InChI=1S/C12H18N2O4/c1-17-11(15)6-2-3-7-13-12(16)14-9-10-5-4-8-18-10/h4-5,8H,2-3,6-7,9H2,1H3,(H2,13,14,16). The highest BCUT2D eigenvalue weighted by atomic mass is 16.5. The third-order valence-corrected chi connectivity index (χ3v) is 2.32. The van der Waals surface area contributed by atoms with Gasteiger partial charge in [-0.15, -0.1) is 0 Å². The molecular formula is C12H18N2O4. The van der Waals surface area contributed by atoms with Crippen LogP contribution in [0.2, 0.25) is 0 Å². The Bertz CT molecular complexity index is 362. The van der Waals surface area contributed by atoms with Crippen LogP contribution in [-0.4, -0.2) is 25.7 Å². The Morgan fingerprint density at radius 1 is 1.33 bits per heavy atom. The molecule has 0 bridgehead atoms. The van der Waals surface area contributed by atoms with E-state index in [0.29, 0.717) is 31.7 Å². The average Bonchev–Trinajstić information content (AvgIpc) is 2.88. The number of nitrogens with one attached hydrogen (secondary N) is 2. The lowest BCUT2D eigenvalue weighted by Crippen LogP contribution is -2.35. The van der Waals surface area contributed by atoms with Gasteiger partial charge in [0, 0.05) is 13.0 Å². The molecule has 0 saturated carbocycles. The molecule has 0 unspecified atom stereocenters. The van der Waals surface area contributed by atoms with Gasteiger partial charge in [-0.25, -0.2) is 4.79 Å². The molecule has 0 aliphatic carbocycles. The Kier molecular flexibility index (Phi) is 6.38. The zero-order chi connectivity index (χ0) is 13.2. The number of unbranched alkanes of at least 4 members (excludes halogenated alkanes) is 1. The van der Waals surface area contributed by atoms with Crippen LogP contribution >= 0.6 is 0 Å². The number of urea groups is 1. The maximum Gasteiger partial charge on any atom is 0.315 e. The topological polar surface area (TPSA) is 80.6 Å². The van der Waals surface area contributed by atoms with Crippen LogP contribution < -0.4 is 10.6 Å². The van der Waals surface area contributed by atoms with E-state index in [1.807, 2.05) is 0 Å². The third-order valence-electron chi connectivity index (χ3n) is 2.32. The summed E-state index contributed by atoms with van der Waals surface area (Å²) in [5.41, 5.74) is 0. The van der Waals surface area contributed by atoms with Crippen LogP contribution in [0, 0.1) is 0 Å². The number of ether oxygens (including phenoxy) is 1. The van der Waals surface area contributed by atoms with E-state index in [-0.39, 0.29) is 12.0 Å². The number of furan rings is 1. The lowest BCUT2D eigenvalue weighted by Gasteiger charge is -2.06. The summed E-state index contributed by atoms with van der Waals surface area (Å²) >= 11 is 0. The van der Waals surface area contributed by atoms with Crippen LogP contribution in [0.5, 0.6) is 0 Å². The monoisotopic (exact) mass is 254 g/mol. The molecule has 1 heterocycles. The van der Waals surface area contributed by atoms with Crippen molar-refractivity contribution in [1.82, 2.24) is 10.6 Å². The Labute approximate surface area is 106 Å². The number of hydrogen-bond donors (Lipinski definition) is 2. The van der Waals surface area contributed by atoms with Crippen LogP contribution in [0.4, 0.5) is 4.79 Å². The van der Waals surface area contributed by atoms with Crippen molar-refractivity contribution in [3.8, 4) is 0 Å². The Morgan fingerprint density at radius 3 is 2.83 bits per heavy atom. The summed E-state index contributed by atoms with van der Waals surface area (Å²) in [5, 5.41) is 5.35. The summed E-state index contributed by atoms with van der Waals surface area (Å²) in [4.78, 5) is 22.1. The van der Waals surface area contributed by atoms with Crippen molar-refractivity contribution in [2.75, 3.05) is 13.7 Å². The van der Waals surface area contributed by atoms with Crippen LogP contribution in [0.25, 0.3) is 0 Å². The zero-order valence-corrected chi connectivity index (χ0v) is 10.4. The molecular weight excluding hydrogens is 236 g/mol. The second-order valence-electron chi connectivity index (χ2n) is 3.72. The smallest absolute Gasteiger partial charge is 0.315 e. The van der Waals surface area contributed by atoms with E-state index in [1.54, 1.807) is 18.4 Å². The van der Waals surface area contributed by atoms with Crippen molar-refractivity contribution < 1.29 is 18.7 Å². The average molecular weight is 254 g/mol. The number of rotatable bonds is 7. The van der Waals surface area contributed by atoms with Gasteiger partial charge in [-0.3, -0.25) is 4.79 Å². The summed E-state index contributed by atoms with van der Waals surface area (Å²) in [6.07, 6.45) is 3.38. The molecule has 0 aliphatic heterocycles. The van der Waals surface area contributed by atoms with Crippen LogP contribution in [0.15, 0.2) is 22.8 Å². The predicted molar refractivity (Wildman–Crippen MR) is 64.8 cm³/mol. The molecule has 2 amide bonds. The largest absolute Gasteiger partial charge is 0.469 e. The molecule has 1 rings (SSSR count). The number of methoxy groups -OCH3 is 1. The van der Waals surface area contributed by atoms with Crippen molar-refractivity contribution >= 4 is 12.0 Å². The second kappa shape index (κ2) is 8.16. The molecule has 0 radical (unpaired) electrons. The minimum atomic E-state index is -0.246. The Hall–Kier alpha value is -1.98. The zero-order valence-electron chi connectivity index (χ0n) is 10.4. The highest BCUT2D eigenvalue weighted by Gasteiger charge is 2.02. The van der Waals surface area contributed by atoms with Crippen molar-refractivity contribution in [3.05, 3.63) is 24.2 Å². The predicted octanol–water partition coefficient (Wildman–Crippen LogP) is 1.42. The first-order chi connectivity index (χ1) is 8.72. The van der Waals surface area contributed by atoms with Gasteiger partial charge in [0.1, 0.15) is 5.76 Å². The van der Waals surface area contributed by atoms with E-state index < -0.39 is 0 Å². The van der Waals surface area contributed by atoms with E-state index in [2.05, 4.69) is 15.4 Å². The highest BCUT2D eigenvalue weighted by Crippen LogP contribution is 1.98. The summed E-state index contributed by atoms with van der Waals surface area (Å²) in [6, 6.07) is 3.31. The summed E-state index contributed by atoms with van der Waals surface area (Å²) < 4.78 is 9.58. The second-order valence-corrected chi connectivity index (χ2v) is 3.72. The van der Waals surface area contributed by atoms with Gasteiger partial charge in [0.2, 0.25) is 0 Å². The minimum Gasteiger partial charge on any atom is -0.469 e. The summed E-state index contributed by atoms with van der Waals surface area (Å²) in [6.45, 7) is 0.891. The lowest BCUT2D eigenvalue weighted by molar-refractivity contribution is -0.140. The fourth-order valence-electron chi connectivity index (χ4n) is 1.34. The molecule has 0 aromatic carbocycles. The molecule has 0 aliphatic rings. The molecule has 1 aromatic heterocycles. The number of esters is 1. The SMILES string of the molecule is COC(=O)CCCCNC(=O)NCc1ccco1. The number of carbonyl (C=O) groups excluding carboxylic acids is 2. The van der Waals surface area contributed by atoms with E-state index >= 15 is 0 Å². The molecule has 6 nitrogen and oxygen atoms in total. The van der Waals surface area contributed by atoms with E-state index in [1.165, 1.54) is 7.11 Å². The number of carbonyl (C=O) groups is 2. The van der Waals surface area contributed by atoms with E-state index in [9.17, 15) is 9.59 Å². The van der Waals surface area contributed by atoms with Gasteiger partial charge in [-0.05, 0) is 25.0 Å². The van der Waals surface area contributed by atoms with Crippen LogP contribution in [-0.2, 0) is 16.1 Å². The fraction of sp³-hybridized carbons (Fsp3) is 0.500. The van der Waals surface area contributed by atoms with Crippen molar-refractivity contribution in [3.63, 3.8) is 0 Å². The highest BCUT2D eigenvalue weighted by molar-refractivity contribution is 5.73. The van der Waals surface area contributed by atoms with Crippen molar-refractivity contribution in [1.29, 1.82) is 0 Å². The normalized spacial score (nSPS) is 9.83. The van der Waals surface area contributed by atoms with Gasteiger partial charge >= 0.3 is 12.0 Å². The minimum absolute atomic E-state index is 0.225. The first kappa shape index (κ1) is 14.1. The maximum atomic E-state index is 11.3. The fourth-order valence-corrected chi connectivity index (χ4v) is 1.34.